The van der Waals surface area contributed by atoms with Gasteiger partial charge < -0.3 is 9.73 Å². The van der Waals surface area contributed by atoms with E-state index < -0.39 is 0 Å². The van der Waals surface area contributed by atoms with Crippen LogP contribution in [0.5, 0.6) is 0 Å². The summed E-state index contributed by atoms with van der Waals surface area (Å²) < 4.78 is 5.77. The third-order valence-corrected chi connectivity index (χ3v) is 4.69. The van der Waals surface area contributed by atoms with Crippen LogP contribution in [-0.4, -0.2) is 6.26 Å². The highest BCUT2D eigenvalue weighted by atomic mass is 32.2. The van der Waals surface area contributed by atoms with Crippen LogP contribution < -0.4 is 5.32 Å². The first-order chi connectivity index (χ1) is 9.10. The summed E-state index contributed by atoms with van der Waals surface area (Å²) in [7, 11) is 0. The lowest BCUT2D eigenvalue weighted by Crippen LogP contribution is -2.17. The molecule has 19 heavy (non-hydrogen) atoms. The average molecular weight is 295 g/mol. The van der Waals surface area contributed by atoms with Gasteiger partial charge in [0.2, 0.25) is 0 Å². The Labute approximate surface area is 123 Å². The molecule has 0 fully saturated rings. The summed E-state index contributed by atoms with van der Waals surface area (Å²) in [5.74, 6) is 3.01. The minimum Gasteiger partial charge on any atom is -0.464 e. The maximum Gasteiger partial charge on any atom is 0.118 e. The van der Waals surface area contributed by atoms with Crippen LogP contribution in [0, 0.1) is 13.8 Å². The van der Waals surface area contributed by atoms with Crippen molar-refractivity contribution in [2.45, 2.75) is 39.1 Å². The number of hydrogen-bond donors (Lipinski definition) is 1. The van der Waals surface area contributed by atoms with Crippen molar-refractivity contribution in [2.75, 3.05) is 6.26 Å². The third kappa shape index (κ3) is 3.88. The SMILES string of the molecule is CSCc1ccc(CNC(C)c2cc(C)sc2C)o1. The normalized spacial score (nSPS) is 12.8. The largest absolute Gasteiger partial charge is 0.464 e. The molecule has 0 aromatic carbocycles. The topological polar surface area (TPSA) is 25.2 Å². The third-order valence-electron chi connectivity index (χ3n) is 3.13. The average Bonchev–Trinajstić information content (AvgIpc) is 2.93. The molecule has 2 aromatic heterocycles. The van der Waals surface area contributed by atoms with E-state index in [-0.39, 0.29) is 0 Å². The van der Waals surface area contributed by atoms with Gasteiger partial charge in [-0.25, -0.2) is 0 Å². The summed E-state index contributed by atoms with van der Waals surface area (Å²) in [4.78, 5) is 2.78. The molecule has 1 N–H and O–H groups in total. The smallest absolute Gasteiger partial charge is 0.118 e. The van der Waals surface area contributed by atoms with Crippen LogP contribution >= 0.6 is 23.1 Å². The fourth-order valence-corrected chi connectivity index (χ4v) is 3.64. The molecule has 104 valence electrons. The van der Waals surface area contributed by atoms with E-state index in [1.165, 1.54) is 15.3 Å². The van der Waals surface area contributed by atoms with Crippen molar-refractivity contribution in [1.82, 2.24) is 5.32 Å². The fourth-order valence-electron chi connectivity index (χ4n) is 2.18. The molecule has 2 heterocycles. The van der Waals surface area contributed by atoms with Crippen LogP contribution in [0.3, 0.4) is 0 Å². The summed E-state index contributed by atoms with van der Waals surface area (Å²) in [5.41, 5.74) is 1.40. The molecule has 1 atom stereocenters. The quantitative estimate of drug-likeness (QED) is 0.838. The van der Waals surface area contributed by atoms with E-state index >= 15 is 0 Å². The predicted octanol–water partition coefficient (Wildman–Crippen LogP) is 4.67. The fraction of sp³-hybridized carbons (Fsp3) is 0.467. The lowest BCUT2D eigenvalue weighted by atomic mass is 10.1. The number of thioether (sulfide) groups is 1. The number of hydrogen-bond acceptors (Lipinski definition) is 4. The number of furan rings is 1. The Morgan fingerprint density at radius 1 is 1.32 bits per heavy atom. The van der Waals surface area contributed by atoms with Gasteiger partial charge in [0, 0.05) is 15.8 Å². The Hall–Kier alpha value is -0.710. The second-order valence-corrected chi connectivity index (χ2v) is 7.10. The predicted molar refractivity (Wildman–Crippen MR) is 85.0 cm³/mol. The zero-order valence-electron chi connectivity index (χ0n) is 11.9. The Kier molecular flexibility index (Phi) is 5.13. The van der Waals surface area contributed by atoms with Crippen LogP contribution in [0.4, 0.5) is 0 Å². The maximum absolute atomic E-state index is 5.77. The highest BCUT2D eigenvalue weighted by Gasteiger charge is 2.11. The molecule has 0 saturated heterocycles. The van der Waals surface area contributed by atoms with Crippen molar-refractivity contribution >= 4 is 23.1 Å². The lowest BCUT2D eigenvalue weighted by Gasteiger charge is -2.12. The summed E-state index contributed by atoms with van der Waals surface area (Å²) >= 11 is 3.64. The van der Waals surface area contributed by atoms with Crippen LogP contribution in [-0.2, 0) is 12.3 Å². The van der Waals surface area contributed by atoms with Crippen molar-refractivity contribution in [3.8, 4) is 0 Å². The van der Waals surface area contributed by atoms with Gasteiger partial charge in [-0.15, -0.1) is 11.3 Å². The molecule has 0 radical (unpaired) electrons. The molecule has 0 amide bonds. The minimum absolute atomic E-state index is 0.360. The number of thiophene rings is 1. The highest BCUT2D eigenvalue weighted by molar-refractivity contribution is 7.97. The molecule has 0 aliphatic rings. The molecule has 1 unspecified atom stereocenters. The second kappa shape index (κ2) is 6.64. The summed E-state index contributed by atoms with van der Waals surface area (Å²) in [6, 6.07) is 6.77. The zero-order valence-corrected chi connectivity index (χ0v) is 13.6. The molecule has 0 saturated carbocycles. The van der Waals surface area contributed by atoms with E-state index in [2.05, 4.69) is 50.5 Å². The molecule has 0 aliphatic heterocycles. The monoisotopic (exact) mass is 295 g/mol. The Bertz CT molecular complexity index is 530. The van der Waals surface area contributed by atoms with E-state index in [0.717, 1.165) is 23.8 Å². The number of rotatable bonds is 6. The minimum atomic E-state index is 0.360. The van der Waals surface area contributed by atoms with Gasteiger partial charge in [0.05, 0.1) is 12.3 Å². The van der Waals surface area contributed by atoms with E-state index in [1.54, 1.807) is 11.8 Å². The molecule has 2 aromatic rings. The van der Waals surface area contributed by atoms with Crippen LogP contribution in [0.1, 0.15) is 39.8 Å². The molecule has 2 rings (SSSR count). The van der Waals surface area contributed by atoms with E-state index in [0.29, 0.717) is 6.04 Å². The van der Waals surface area contributed by atoms with Gasteiger partial charge in [-0.3, -0.25) is 0 Å². The van der Waals surface area contributed by atoms with Gasteiger partial charge in [0.1, 0.15) is 11.5 Å². The molecule has 2 nitrogen and oxygen atoms in total. The van der Waals surface area contributed by atoms with Gasteiger partial charge in [0.15, 0.2) is 0 Å². The van der Waals surface area contributed by atoms with E-state index in [1.807, 2.05) is 11.3 Å². The van der Waals surface area contributed by atoms with Crippen LogP contribution in [0.25, 0.3) is 0 Å². The molecule has 0 bridgehead atoms. The molecular weight excluding hydrogens is 274 g/mol. The molecule has 0 aliphatic carbocycles. The van der Waals surface area contributed by atoms with Gasteiger partial charge in [0.25, 0.3) is 0 Å². The molecule has 0 spiro atoms. The first kappa shape index (κ1) is 14.7. The maximum atomic E-state index is 5.77. The van der Waals surface area contributed by atoms with Crippen LogP contribution in [0.2, 0.25) is 0 Å². The molecule has 4 heteroatoms. The van der Waals surface area contributed by atoms with Gasteiger partial charge in [-0.2, -0.15) is 11.8 Å². The van der Waals surface area contributed by atoms with E-state index in [4.69, 9.17) is 4.42 Å². The first-order valence-electron chi connectivity index (χ1n) is 6.47. The van der Waals surface area contributed by atoms with Crippen molar-refractivity contribution in [2.24, 2.45) is 0 Å². The van der Waals surface area contributed by atoms with Gasteiger partial charge in [-0.1, -0.05) is 0 Å². The van der Waals surface area contributed by atoms with E-state index in [9.17, 15) is 0 Å². The van der Waals surface area contributed by atoms with Crippen molar-refractivity contribution in [3.05, 3.63) is 45.0 Å². The van der Waals surface area contributed by atoms with Crippen LogP contribution in [0.15, 0.2) is 22.6 Å². The Balaban J connectivity index is 1.92. The highest BCUT2D eigenvalue weighted by Crippen LogP contribution is 2.26. The Morgan fingerprint density at radius 3 is 2.68 bits per heavy atom. The van der Waals surface area contributed by atoms with Crippen molar-refractivity contribution in [3.63, 3.8) is 0 Å². The first-order valence-corrected chi connectivity index (χ1v) is 8.68. The molecular formula is C15H21NOS2. The standard InChI is InChI=1S/C15H21NOS2/c1-10-7-15(12(3)19-10)11(2)16-8-13-5-6-14(17-13)9-18-4/h5-7,11,16H,8-9H2,1-4H3. The number of aryl methyl sites for hydroxylation is 2. The van der Waals surface area contributed by atoms with Gasteiger partial charge >= 0.3 is 0 Å². The summed E-state index contributed by atoms with van der Waals surface area (Å²) in [6.07, 6.45) is 2.09. The summed E-state index contributed by atoms with van der Waals surface area (Å²) in [6.45, 7) is 7.34. The lowest BCUT2D eigenvalue weighted by molar-refractivity contribution is 0.442. The van der Waals surface area contributed by atoms with Gasteiger partial charge in [-0.05, 0) is 50.8 Å². The summed E-state index contributed by atoms with van der Waals surface area (Å²) in [5, 5.41) is 3.53. The number of nitrogens with one attached hydrogen (secondary N) is 1. The zero-order chi connectivity index (χ0) is 13.8. The second-order valence-electron chi connectivity index (χ2n) is 4.77. The van der Waals surface area contributed by atoms with Crippen molar-refractivity contribution in [1.29, 1.82) is 0 Å². The van der Waals surface area contributed by atoms with Crippen molar-refractivity contribution < 1.29 is 4.42 Å². The Morgan fingerprint density at radius 2 is 2.05 bits per heavy atom.